The first-order chi connectivity index (χ1) is 5.27. The average Bonchev–Trinajstić information content (AvgIpc) is 2.33. The lowest BCUT2D eigenvalue weighted by atomic mass is 10.5. The van der Waals surface area contributed by atoms with E-state index in [1.807, 2.05) is 6.92 Å². The molecule has 0 aromatic carbocycles. The third kappa shape index (κ3) is 1.80. The van der Waals surface area contributed by atoms with Crippen LogP contribution in [0.5, 0.6) is 0 Å². The van der Waals surface area contributed by atoms with Crippen LogP contribution in [0.1, 0.15) is 13.3 Å². The fourth-order valence-electron chi connectivity index (χ4n) is 0.752. The Balaban J connectivity index is 2.88. The minimum atomic E-state index is -0.152. The molecule has 0 amide bonds. The van der Waals surface area contributed by atoms with Crippen LogP contribution in [0.25, 0.3) is 0 Å². The van der Waals surface area contributed by atoms with E-state index in [2.05, 4.69) is 10.3 Å². The van der Waals surface area contributed by atoms with Crippen LogP contribution in [-0.2, 0) is 6.54 Å². The third-order valence-electron chi connectivity index (χ3n) is 1.25. The van der Waals surface area contributed by atoms with Gasteiger partial charge in [0.1, 0.15) is 0 Å². The van der Waals surface area contributed by atoms with Gasteiger partial charge in [-0.3, -0.25) is 0 Å². The summed E-state index contributed by atoms with van der Waals surface area (Å²) in [5.74, 6) is 0. The van der Waals surface area contributed by atoms with Gasteiger partial charge in [0.25, 0.3) is 0 Å². The molecule has 1 aromatic heterocycles. The number of nitrogens with one attached hydrogen (secondary N) is 1. The van der Waals surface area contributed by atoms with Gasteiger partial charge < -0.3 is 5.32 Å². The lowest BCUT2D eigenvalue weighted by Crippen LogP contribution is -2.14. The van der Waals surface area contributed by atoms with Gasteiger partial charge in [-0.15, -0.1) is 0 Å². The molecule has 0 aliphatic heterocycles. The van der Waals surface area contributed by atoms with Crippen LogP contribution in [-0.4, -0.2) is 16.0 Å². The zero-order valence-corrected chi connectivity index (χ0v) is 7.44. The molecule has 0 saturated heterocycles. The molecule has 0 bridgehead atoms. The molecule has 0 spiro atoms. The van der Waals surface area contributed by atoms with Gasteiger partial charge >= 0.3 is 5.69 Å². The molecule has 1 aromatic rings. The highest BCUT2D eigenvalue weighted by Crippen LogP contribution is 2.06. The number of hydrogen-bond acceptors (Lipinski definition) is 4. The van der Waals surface area contributed by atoms with Crippen LogP contribution in [0.3, 0.4) is 0 Å². The van der Waals surface area contributed by atoms with Crippen LogP contribution >= 0.6 is 11.5 Å². The van der Waals surface area contributed by atoms with E-state index < -0.39 is 0 Å². The Morgan fingerprint density at radius 2 is 2.45 bits per heavy atom. The van der Waals surface area contributed by atoms with Crippen molar-refractivity contribution in [1.82, 2.24) is 8.94 Å². The third-order valence-corrected chi connectivity index (χ3v) is 2.28. The second kappa shape index (κ2) is 3.52. The lowest BCUT2D eigenvalue weighted by Gasteiger charge is -1.91. The minimum absolute atomic E-state index is 0.152. The summed E-state index contributed by atoms with van der Waals surface area (Å²) in [6.45, 7) is 2.80. The molecule has 1 rings (SSSR count). The van der Waals surface area contributed by atoms with Crippen molar-refractivity contribution in [2.24, 2.45) is 0 Å². The summed E-state index contributed by atoms with van der Waals surface area (Å²) in [7, 11) is 1.76. The van der Waals surface area contributed by atoms with E-state index in [9.17, 15) is 4.79 Å². The van der Waals surface area contributed by atoms with Crippen LogP contribution in [0.15, 0.2) is 4.79 Å². The van der Waals surface area contributed by atoms with Crippen molar-refractivity contribution in [3.63, 3.8) is 0 Å². The van der Waals surface area contributed by atoms with Crippen molar-refractivity contribution < 1.29 is 0 Å². The summed E-state index contributed by atoms with van der Waals surface area (Å²) in [5.41, 5.74) is -0.152. The fraction of sp³-hybridized carbons (Fsp3) is 0.667. The maximum Gasteiger partial charge on any atom is 0.359 e. The molecule has 1 heterocycles. The molecule has 4 nitrogen and oxygen atoms in total. The predicted octanol–water partition coefficient (Wildman–Crippen LogP) is 0.756. The zero-order chi connectivity index (χ0) is 8.27. The van der Waals surface area contributed by atoms with E-state index in [0.717, 1.165) is 13.0 Å². The summed E-state index contributed by atoms with van der Waals surface area (Å²) in [4.78, 5) is 14.8. The van der Waals surface area contributed by atoms with Crippen molar-refractivity contribution in [3.05, 3.63) is 10.5 Å². The highest BCUT2D eigenvalue weighted by Gasteiger charge is 2.01. The standard InChI is InChI=1S/C6H11N3OS/c1-3-4-9-6(10)8-5(7-2)11-9/h3-4H2,1-2H3,(H,7,8,10). The Labute approximate surface area is 69.0 Å². The van der Waals surface area contributed by atoms with Crippen molar-refractivity contribution >= 4 is 16.7 Å². The number of aromatic nitrogens is 2. The molecule has 0 fully saturated rings. The molecule has 0 radical (unpaired) electrons. The number of anilines is 1. The Morgan fingerprint density at radius 3 is 2.91 bits per heavy atom. The summed E-state index contributed by atoms with van der Waals surface area (Å²) in [6.07, 6.45) is 0.964. The average molecular weight is 173 g/mol. The molecule has 0 saturated carbocycles. The molecule has 0 aliphatic rings. The summed E-state index contributed by atoms with van der Waals surface area (Å²) in [5, 5.41) is 3.52. The summed E-state index contributed by atoms with van der Waals surface area (Å²) >= 11 is 1.37. The molecule has 62 valence electrons. The van der Waals surface area contributed by atoms with Gasteiger partial charge in [-0.2, -0.15) is 4.98 Å². The smallest absolute Gasteiger partial charge is 0.359 e. The molecular weight excluding hydrogens is 162 g/mol. The van der Waals surface area contributed by atoms with E-state index >= 15 is 0 Å². The summed E-state index contributed by atoms with van der Waals surface area (Å²) in [6, 6.07) is 0. The first-order valence-electron chi connectivity index (χ1n) is 3.53. The molecule has 0 aliphatic carbocycles. The van der Waals surface area contributed by atoms with Gasteiger partial charge in [0.15, 0.2) is 0 Å². The second-order valence-electron chi connectivity index (χ2n) is 2.14. The maximum atomic E-state index is 11.0. The highest BCUT2D eigenvalue weighted by molar-refractivity contribution is 7.10. The van der Waals surface area contributed by atoms with Gasteiger partial charge in [-0.05, 0) is 18.0 Å². The van der Waals surface area contributed by atoms with Crippen molar-refractivity contribution in [2.75, 3.05) is 12.4 Å². The topological polar surface area (TPSA) is 46.9 Å². The second-order valence-corrected chi connectivity index (χ2v) is 3.15. The quantitative estimate of drug-likeness (QED) is 0.734. The van der Waals surface area contributed by atoms with Crippen molar-refractivity contribution in [1.29, 1.82) is 0 Å². The molecule has 0 atom stereocenters. The van der Waals surface area contributed by atoms with E-state index in [-0.39, 0.29) is 5.69 Å². The molecule has 0 unspecified atom stereocenters. The first kappa shape index (κ1) is 8.26. The Kier molecular flexibility index (Phi) is 2.64. The van der Waals surface area contributed by atoms with Crippen molar-refractivity contribution in [3.8, 4) is 0 Å². The normalized spacial score (nSPS) is 10.0. The first-order valence-corrected chi connectivity index (χ1v) is 4.31. The highest BCUT2D eigenvalue weighted by atomic mass is 32.1. The largest absolute Gasteiger partial charge is 0.363 e. The van der Waals surface area contributed by atoms with E-state index in [0.29, 0.717) is 5.13 Å². The molecule has 11 heavy (non-hydrogen) atoms. The van der Waals surface area contributed by atoms with Gasteiger partial charge in [-0.25, -0.2) is 8.75 Å². The SMILES string of the molecule is CCCn1sc(NC)nc1=O. The number of hydrogen-bond donors (Lipinski definition) is 1. The van der Waals surface area contributed by atoms with Gasteiger partial charge in [-0.1, -0.05) is 6.92 Å². The molecule has 5 heteroatoms. The van der Waals surface area contributed by atoms with Crippen LogP contribution < -0.4 is 11.0 Å². The number of aryl methyl sites for hydroxylation is 1. The lowest BCUT2D eigenvalue weighted by molar-refractivity contribution is 0.701. The van der Waals surface area contributed by atoms with Gasteiger partial charge in [0.05, 0.1) is 0 Å². The van der Waals surface area contributed by atoms with E-state index in [1.165, 1.54) is 11.5 Å². The van der Waals surface area contributed by atoms with Crippen LogP contribution in [0.4, 0.5) is 5.13 Å². The monoisotopic (exact) mass is 173 g/mol. The fourth-order valence-corrected chi connectivity index (χ4v) is 1.56. The van der Waals surface area contributed by atoms with Crippen LogP contribution in [0, 0.1) is 0 Å². The Hall–Kier alpha value is -0.840. The van der Waals surface area contributed by atoms with Crippen LogP contribution in [0.2, 0.25) is 0 Å². The predicted molar refractivity (Wildman–Crippen MR) is 46.2 cm³/mol. The zero-order valence-electron chi connectivity index (χ0n) is 6.63. The van der Waals surface area contributed by atoms with Gasteiger partial charge in [0, 0.05) is 13.6 Å². The Morgan fingerprint density at radius 1 is 1.73 bits per heavy atom. The number of nitrogens with zero attached hydrogens (tertiary/aromatic N) is 2. The minimum Gasteiger partial charge on any atom is -0.363 e. The number of rotatable bonds is 3. The van der Waals surface area contributed by atoms with Gasteiger partial charge in [0.2, 0.25) is 5.13 Å². The Bertz CT molecular complexity index is 278. The van der Waals surface area contributed by atoms with E-state index in [4.69, 9.17) is 0 Å². The summed E-state index contributed by atoms with van der Waals surface area (Å²) < 4.78 is 1.64. The van der Waals surface area contributed by atoms with E-state index in [1.54, 1.807) is 11.0 Å². The molecular formula is C6H11N3OS. The maximum absolute atomic E-state index is 11.0. The van der Waals surface area contributed by atoms with Crippen molar-refractivity contribution in [2.45, 2.75) is 19.9 Å². The molecule has 1 N–H and O–H groups in total.